The van der Waals surface area contributed by atoms with Crippen molar-refractivity contribution in [1.29, 1.82) is 0 Å². The molecule has 0 heterocycles. The number of urea groups is 1. The minimum Gasteiger partial charge on any atom is -0.435 e. The van der Waals surface area contributed by atoms with E-state index in [2.05, 4.69) is 20.7 Å². The fourth-order valence-corrected chi connectivity index (χ4v) is 2.06. The van der Waals surface area contributed by atoms with E-state index in [-0.39, 0.29) is 17.8 Å². The smallest absolute Gasteiger partial charge is 0.387 e. The molecule has 3 amide bonds. The molecular formula is C18H19F2N3O3. The van der Waals surface area contributed by atoms with Gasteiger partial charge in [0.2, 0.25) is 0 Å². The fourth-order valence-electron chi connectivity index (χ4n) is 2.06. The maximum Gasteiger partial charge on any atom is 0.387 e. The highest BCUT2D eigenvalue weighted by molar-refractivity contribution is 6.04. The number of hydrogen-bond acceptors (Lipinski definition) is 3. The van der Waals surface area contributed by atoms with Crippen LogP contribution in [0.1, 0.15) is 24.2 Å². The van der Waals surface area contributed by atoms with E-state index in [4.69, 9.17) is 0 Å². The molecule has 0 aliphatic rings. The van der Waals surface area contributed by atoms with Gasteiger partial charge in [0.05, 0.1) is 0 Å². The van der Waals surface area contributed by atoms with E-state index in [1.165, 1.54) is 24.3 Å². The van der Waals surface area contributed by atoms with E-state index in [0.29, 0.717) is 16.9 Å². The van der Waals surface area contributed by atoms with Gasteiger partial charge in [-0.15, -0.1) is 0 Å². The van der Waals surface area contributed by atoms with Crippen molar-refractivity contribution in [1.82, 2.24) is 5.32 Å². The maximum absolute atomic E-state index is 12.2. The number of ether oxygens (including phenoxy) is 1. The normalized spacial score (nSPS) is 10.5. The maximum atomic E-state index is 12.2. The molecule has 138 valence electrons. The van der Waals surface area contributed by atoms with E-state index in [9.17, 15) is 18.4 Å². The Morgan fingerprint density at radius 2 is 1.42 bits per heavy atom. The van der Waals surface area contributed by atoms with Crippen LogP contribution in [0.5, 0.6) is 5.75 Å². The van der Waals surface area contributed by atoms with Crippen LogP contribution in [0.2, 0.25) is 0 Å². The molecule has 8 heteroatoms. The third kappa shape index (κ3) is 6.04. The fraction of sp³-hybridized carbons (Fsp3) is 0.222. The van der Waals surface area contributed by atoms with E-state index in [0.717, 1.165) is 0 Å². The van der Waals surface area contributed by atoms with Gasteiger partial charge >= 0.3 is 12.6 Å². The summed E-state index contributed by atoms with van der Waals surface area (Å²) in [6.45, 7) is 0.791. The first-order valence-electron chi connectivity index (χ1n) is 7.87. The van der Waals surface area contributed by atoms with Crippen LogP contribution < -0.4 is 20.7 Å². The highest BCUT2D eigenvalue weighted by atomic mass is 19.3. The van der Waals surface area contributed by atoms with Crippen molar-refractivity contribution in [2.45, 2.75) is 26.5 Å². The Morgan fingerprint density at radius 3 is 1.92 bits per heavy atom. The zero-order valence-corrected chi connectivity index (χ0v) is 14.3. The van der Waals surface area contributed by atoms with E-state index < -0.39 is 12.5 Å². The van der Waals surface area contributed by atoms with Crippen LogP contribution >= 0.6 is 0 Å². The van der Waals surface area contributed by atoms with E-state index in [1.54, 1.807) is 24.3 Å². The van der Waals surface area contributed by atoms with Gasteiger partial charge in [-0.3, -0.25) is 4.79 Å². The molecule has 0 atom stereocenters. The van der Waals surface area contributed by atoms with Crippen LogP contribution in [0.15, 0.2) is 48.5 Å². The van der Waals surface area contributed by atoms with Gasteiger partial charge in [-0.05, 0) is 62.4 Å². The van der Waals surface area contributed by atoms with Gasteiger partial charge in [0.15, 0.2) is 0 Å². The van der Waals surface area contributed by atoms with Crippen molar-refractivity contribution >= 4 is 23.3 Å². The van der Waals surface area contributed by atoms with E-state index in [1.807, 2.05) is 13.8 Å². The molecule has 0 radical (unpaired) electrons. The van der Waals surface area contributed by atoms with Crippen molar-refractivity contribution in [2.75, 3.05) is 10.6 Å². The molecule has 0 aliphatic heterocycles. The average Bonchev–Trinajstić information content (AvgIpc) is 2.56. The molecule has 2 rings (SSSR count). The van der Waals surface area contributed by atoms with Gasteiger partial charge in [-0.2, -0.15) is 8.78 Å². The van der Waals surface area contributed by atoms with Crippen LogP contribution in [0, 0.1) is 0 Å². The number of carbonyl (C=O) groups excluding carboxylic acids is 2. The van der Waals surface area contributed by atoms with Crippen LogP contribution in [0.25, 0.3) is 0 Å². The summed E-state index contributed by atoms with van der Waals surface area (Å²) >= 11 is 0. The number of nitrogens with one attached hydrogen (secondary N) is 3. The van der Waals surface area contributed by atoms with Gasteiger partial charge < -0.3 is 20.7 Å². The summed E-state index contributed by atoms with van der Waals surface area (Å²) in [5.41, 5.74) is 1.40. The average molecular weight is 363 g/mol. The predicted octanol–water partition coefficient (Wildman–Crippen LogP) is 4.07. The monoisotopic (exact) mass is 363 g/mol. The number of alkyl halides is 2. The molecule has 2 aromatic rings. The standard InChI is InChI=1S/C18H19F2N3O3/c1-11(2)21-18(25)23-14-7-5-13(6-8-14)22-16(24)12-3-9-15(10-4-12)26-17(19)20/h3-11,17H,1-2H3,(H,22,24)(H2,21,23,25). The number of rotatable bonds is 6. The molecule has 0 aliphatic carbocycles. The third-order valence-electron chi connectivity index (χ3n) is 3.16. The lowest BCUT2D eigenvalue weighted by Gasteiger charge is -2.11. The van der Waals surface area contributed by atoms with Crippen molar-refractivity contribution in [3.05, 3.63) is 54.1 Å². The molecule has 3 N–H and O–H groups in total. The summed E-state index contributed by atoms with van der Waals surface area (Å²) in [7, 11) is 0. The topological polar surface area (TPSA) is 79.5 Å². The SMILES string of the molecule is CC(C)NC(=O)Nc1ccc(NC(=O)c2ccc(OC(F)F)cc2)cc1. The van der Waals surface area contributed by atoms with Crippen LogP contribution in [0.3, 0.4) is 0 Å². The minimum absolute atomic E-state index is 0.0195. The number of carbonyl (C=O) groups is 2. The largest absolute Gasteiger partial charge is 0.435 e. The predicted molar refractivity (Wildman–Crippen MR) is 94.8 cm³/mol. The van der Waals surface area contributed by atoms with Gasteiger partial charge in [-0.1, -0.05) is 0 Å². The molecule has 0 unspecified atom stereocenters. The summed E-state index contributed by atoms with van der Waals surface area (Å²) < 4.78 is 28.4. The molecule has 0 saturated carbocycles. The van der Waals surface area contributed by atoms with Crippen LogP contribution in [-0.2, 0) is 0 Å². The molecule has 0 aromatic heterocycles. The molecule has 0 saturated heterocycles. The first-order valence-corrected chi connectivity index (χ1v) is 7.87. The summed E-state index contributed by atoms with van der Waals surface area (Å²) in [5, 5.41) is 8.04. The third-order valence-corrected chi connectivity index (χ3v) is 3.16. The van der Waals surface area contributed by atoms with E-state index >= 15 is 0 Å². The number of amides is 3. The molecule has 6 nitrogen and oxygen atoms in total. The second-order valence-electron chi connectivity index (χ2n) is 5.69. The highest BCUT2D eigenvalue weighted by Gasteiger charge is 2.09. The van der Waals surface area contributed by atoms with Gasteiger partial charge in [0.1, 0.15) is 5.75 Å². The van der Waals surface area contributed by atoms with Crippen molar-refractivity contribution in [3.8, 4) is 5.75 Å². The Bertz CT molecular complexity index is 747. The minimum atomic E-state index is -2.91. The number of benzene rings is 2. The summed E-state index contributed by atoms with van der Waals surface area (Å²) in [4.78, 5) is 23.8. The molecule has 0 spiro atoms. The van der Waals surface area contributed by atoms with Gasteiger partial charge in [0.25, 0.3) is 5.91 Å². The number of anilines is 2. The van der Waals surface area contributed by atoms with Crippen molar-refractivity contribution in [2.24, 2.45) is 0 Å². The Balaban J connectivity index is 1.93. The second kappa shape index (κ2) is 8.80. The lowest BCUT2D eigenvalue weighted by molar-refractivity contribution is -0.0498. The van der Waals surface area contributed by atoms with Gasteiger partial charge in [-0.25, -0.2) is 4.79 Å². The highest BCUT2D eigenvalue weighted by Crippen LogP contribution is 2.17. The summed E-state index contributed by atoms with van der Waals surface area (Å²) in [5.74, 6) is -0.418. The van der Waals surface area contributed by atoms with Gasteiger partial charge in [0, 0.05) is 23.0 Å². The molecule has 2 aromatic carbocycles. The van der Waals surface area contributed by atoms with Crippen LogP contribution in [-0.4, -0.2) is 24.6 Å². The van der Waals surface area contributed by atoms with Crippen molar-refractivity contribution in [3.63, 3.8) is 0 Å². The number of halogens is 2. The molecule has 26 heavy (non-hydrogen) atoms. The van der Waals surface area contributed by atoms with Crippen molar-refractivity contribution < 1.29 is 23.1 Å². The molecule has 0 fully saturated rings. The lowest BCUT2D eigenvalue weighted by atomic mass is 10.2. The zero-order chi connectivity index (χ0) is 19.1. The van der Waals surface area contributed by atoms with Crippen LogP contribution in [0.4, 0.5) is 25.0 Å². The zero-order valence-electron chi connectivity index (χ0n) is 14.3. The molecular weight excluding hydrogens is 344 g/mol. The second-order valence-corrected chi connectivity index (χ2v) is 5.69. The lowest BCUT2D eigenvalue weighted by Crippen LogP contribution is -2.34. The summed E-state index contributed by atoms with van der Waals surface area (Å²) in [6.07, 6.45) is 0. The quantitative estimate of drug-likeness (QED) is 0.724. The Hall–Kier alpha value is -3.16. The Kier molecular flexibility index (Phi) is 6.48. The summed E-state index contributed by atoms with van der Waals surface area (Å²) in [6, 6.07) is 11.6. The Labute approximate surface area is 149 Å². The number of hydrogen-bond donors (Lipinski definition) is 3. The molecule has 0 bridgehead atoms. The first kappa shape index (κ1) is 19.2. The Morgan fingerprint density at radius 1 is 0.885 bits per heavy atom. The first-order chi connectivity index (χ1) is 12.3.